The second kappa shape index (κ2) is 9.94. The van der Waals surface area contributed by atoms with Crippen LogP contribution >= 0.6 is 0 Å². The molecule has 1 aromatic carbocycles. The van der Waals surface area contributed by atoms with Crippen molar-refractivity contribution in [1.29, 1.82) is 0 Å². The number of hydrogen-bond acceptors (Lipinski definition) is 6. The summed E-state index contributed by atoms with van der Waals surface area (Å²) in [6.45, 7) is 5.13. The van der Waals surface area contributed by atoms with Crippen LogP contribution in [0.4, 0.5) is 5.82 Å². The molecule has 0 unspecified atom stereocenters. The molecule has 178 valence electrons. The number of ether oxygens (including phenoxy) is 2. The minimum atomic E-state index is -0.704. The molecule has 9 heteroatoms. The summed E-state index contributed by atoms with van der Waals surface area (Å²) in [4.78, 5) is 46.3. The molecular formula is C25H28N4O5. The molecule has 0 aliphatic carbocycles. The Morgan fingerprint density at radius 3 is 2.62 bits per heavy atom. The Bertz CT molecular complexity index is 1230. The third-order valence-corrected chi connectivity index (χ3v) is 6.13. The van der Waals surface area contributed by atoms with Crippen LogP contribution in [-0.4, -0.2) is 59.5 Å². The van der Waals surface area contributed by atoms with E-state index in [1.807, 2.05) is 25.3 Å². The van der Waals surface area contributed by atoms with Crippen LogP contribution in [0.1, 0.15) is 47.3 Å². The summed E-state index contributed by atoms with van der Waals surface area (Å²) in [6, 6.07) is 8.78. The molecule has 2 aromatic heterocycles. The number of methoxy groups -OCH3 is 1. The molecule has 0 atom stereocenters. The third-order valence-electron chi connectivity index (χ3n) is 6.13. The predicted molar refractivity (Wildman–Crippen MR) is 127 cm³/mol. The third kappa shape index (κ3) is 4.73. The molecule has 1 aliphatic heterocycles. The van der Waals surface area contributed by atoms with Gasteiger partial charge in [-0.2, -0.15) is 0 Å². The number of piperidine rings is 1. The van der Waals surface area contributed by atoms with E-state index < -0.39 is 11.8 Å². The Balaban J connectivity index is 1.39. The summed E-state index contributed by atoms with van der Waals surface area (Å²) in [5.41, 5.74) is 3.19. The topological polar surface area (TPSA) is 114 Å². The Morgan fingerprint density at radius 1 is 1.18 bits per heavy atom. The van der Waals surface area contributed by atoms with Gasteiger partial charge in [-0.3, -0.25) is 9.59 Å². The average Bonchev–Trinajstić information content (AvgIpc) is 3.28. The summed E-state index contributed by atoms with van der Waals surface area (Å²) >= 11 is 0. The van der Waals surface area contributed by atoms with E-state index in [9.17, 15) is 14.4 Å². The van der Waals surface area contributed by atoms with Gasteiger partial charge in [-0.25, -0.2) is 9.78 Å². The zero-order valence-corrected chi connectivity index (χ0v) is 19.5. The van der Waals surface area contributed by atoms with Gasteiger partial charge in [0.25, 0.3) is 0 Å². The molecular weight excluding hydrogens is 436 g/mol. The lowest BCUT2D eigenvalue weighted by Gasteiger charge is -2.31. The van der Waals surface area contributed by atoms with Gasteiger partial charge in [-0.15, -0.1) is 0 Å². The average molecular weight is 465 g/mol. The van der Waals surface area contributed by atoms with Gasteiger partial charge in [0, 0.05) is 30.2 Å². The van der Waals surface area contributed by atoms with Crippen molar-refractivity contribution in [2.75, 3.05) is 32.1 Å². The number of fused-ring (bicyclic) bond motifs is 1. The van der Waals surface area contributed by atoms with Crippen LogP contribution in [0.2, 0.25) is 0 Å². The van der Waals surface area contributed by atoms with Gasteiger partial charge in [0.15, 0.2) is 0 Å². The van der Waals surface area contributed by atoms with E-state index in [2.05, 4.69) is 15.3 Å². The summed E-state index contributed by atoms with van der Waals surface area (Å²) < 4.78 is 10.3. The molecule has 4 rings (SSSR count). The number of anilines is 1. The maximum atomic E-state index is 12.7. The number of rotatable bonds is 5. The van der Waals surface area contributed by atoms with E-state index in [1.165, 1.54) is 7.11 Å². The number of carbonyl (C=O) groups excluding carboxylic acids is 3. The number of aryl methyl sites for hydroxylation is 1. The number of amides is 2. The molecule has 34 heavy (non-hydrogen) atoms. The van der Waals surface area contributed by atoms with Gasteiger partial charge in [0.1, 0.15) is 11.6 Å². The van der Waals surface area contributed by atoms with Crippen LogP contribution in [0, 0.1) is 6.92 Å². The summed E-state index contributed by atoms with van der Waals surface area (Å²) in [5.74, 6) is -0.482. The summed E-state index contributed by atoms with van der Waals surface area (Å²) in [6.07, 6.45) is 3.39. The van der Waals surface area contributed by atoms with Crippen molar-refractivity contribution in [3.63, 3.8) is 0 Å². The first-order chi connectivity index (χ1) is 16.4. The van der Waals surface area contributed by atoms with Gasteiger partial charge in [0.05, 0.1) is 25.0 Å². The van der Waals surface area contributed by atoms with Crippen molar-refractivity contribution < 1.29 is 23.9 Å². The molecule has 0 radical (unpaired) electrons. The molecule has 0 spiro atoms. The van der Waals surface area contributed by atoms with E-state index in [0.717, 1.165) is 29.3 Å². The molecule has 1 aliphatic rings. The number of aromatic amines is 1. The molecule has 2 amide bonds. The van der Waals surface area contributed by atoms with E-state index in [0.29, 0.717) is 42.5 Å². The van der Waals surface area contributed by atoms with Gasteiger partial charge in [-0.05, 0) is 68.5 Å². The molecule has 2 N–H and O–H groups in total. The van der Waals surface area contributed by atoms with E-state index in [-0.39, 0.29) is 11.9 Å². The highest BCUT2D eigenvalue weighted by Crippen LogP contribution is 2.34. The second-order valence-electron chi connectivity index (χ2n) is 8.23. The zero-order valence-electron chi connectivity index (χ0n) is 19.5. The van der Waals surface area contributed by atoms with Crippen LogP contribution in [0.5, 0.6) is 5.75 Å². The highest BCUT2D eigenvalue weighted by molar-refractivity contribution is 6.39. The van der Waals surface area contributed by atoms with Crippen LogP contribution in [-0.2, 0) is 14.3 Å². The maximum absolute atomic E-state index is 12.7. The second-order valence-corrected chi connectivity index (χ2v) is 8.23. The Kier molecular flexibility index (Phi) is 6.81. The number of esters is 1. The SMILES string of the molecule is CCOc1ccc(NC(=O)C(=O)N2CCC(c3c[nH]c4ccc(C(=O)OC)cc34)CC2)nc1C. The van der Waals surface area contributed by atoms with Crippen LogP contribution < -0.4 is 10.1 Å². The van der Waals surface area contributed by atoms with Crippen LogP contribution in [0.25, 0.3) is 10.9 Å². The number of pyridine rings is 1. The van der Waals surface area contributed by atoms with Crippen molar-refractivity contribution in [1.82, 2.24) is 14.9 Å². The molecule has 1 fully saturated rings. The normalized spacial score (nSPS) is 14.1. The maximum Gasteiger partial charge on any atom is 0.337 e. The number of benzene rings is 1. The molecule has 3 heterocycles. The van der Waals surface area contributed by atoms with Gasteiger partial charge < -0.3 is 24.7 Å². The van der Waals surface area contributed by atoms with Crippen molar-refractivity contribution in [2.45, 2.75) is 32.6 Å². The highest BCUT2D eigenvalue weighted by atomic mass is 16.5. The lowest BCUT2D eigenvalue weighted by atomic mass is 9.89. The van der Waals surface area contributed by atoms with Gasteiger partial charge in [0.2, 0.25) is 0 Å². The minimum absolute atomic E-state index is 0.212. The van der Waals surface area contributed by atoms with E-state index >= 15 is 0 Å². The molecule has 1 saturated heterocycles. The van der Waals surface area contributed by atoms with Gasteiger partial charge >= 0.3 is 17.8 Å². The quantitative estimate of drug-likeness (QED) is 0.442. The number of hydrogen-bond donors (Lipinski definition) is 2. The first kappa shape index (κ1) is 23.3. The smallest absolute Gasteiger partial charge is 0.337 e. The largest absolute Gasteiger partial charge is 0.492 e. The fourth-order valence-electron chi connectivity index (χ4n) is 4.36. The number of carbonyl (C=O) groups is 3. The standard InChI is InChI=1S/C25H28N4O5/c1-4-34-21-7-8-22(27-15(21)2)28-23(30)24(31)29-11-9-16(10-12-29)19-14-26-20-6-5-17(13-18(19)20)25(32)33-3/h5-8,13-14,16,26H,4,9-12H2,1-3H3,(H,27,28,30). The fourth-order valence-corrected chi connectivity index (χ4v) is 4.36. The highest BCUT2D eigenvalue weighted by Gasteiger charge is 2.29. The summed E-state index contributed by atoms with van der Waals surface area (Å²) in [7, 11) is 1.36. The number of nitrogens with one attached hydrogen (secondary N) is 2. The Labute approximate surface area is 197 Å². The molecule has 0 saturated carbocycles. The monoisotopic (exact) mass is 464 g/mol. The van der Waals surface area contributed by atoms with Crippen molar-refractivity contribution in [2.24, 2.45) is 0 Å². The fraction of sp³-hybridized carbons (Fsp3) is 0.360. The van der Waals surface area contributed by atoms with Crippen molar-refractivity contribution in [3.05, 3.63) is 53.3 Å². The zero-order chi connectivity index (χ0) is 24.2. The Morgan fingerprint density at radius 2 is 1.94 bits per heavy atom. The Hall–Kier alpha value is -3.88. The predicted octanol–water partition coefficient (Wildman–Crippen LogP) is 3.40. The number of aromatic nitrogens is 2. The van der Waals surface area contributed by atoms with Crippen LogP contribution in [0.3, 0.4) is 0 Å². The molecule has 3 aromatic rings. The lowest BCUT2D eigenvalue weighted by molar-refractivity contribution is -0.143. The first-order valence-electron chi connectivity index (χ1n) is 11.3. The minimum Gasteiger partial charge on any atom is -0.492 e. The van der Waals surface area contributed by atoms with Crippen molar-refractivity contribution in [3.8, 4) is 5.75 Å². The first-order valence-corrected chi connectivity index (χ1v) is 11.3. The number of nitrogens with zero attached hydrogens (tertiary/aromatic N) is 2. The number of H-pyrrole nitrogens is 1. The van der Waals surface area contributed by atoms with Gasteiger partial charge in [-0.1, -0.05) is 0 Å². The molecule has 0 bridgehead atoms. The molecule has 9 nitrogen and oxygen atoms in total. The van der Waals surface area contributed by atoms with E-state index in [4.69, 9.17) is 9.47 Å². The van der Waals surface area contributed by atoms with Crippen LogP contribution in [0.15, 0.2) is 36.5 Å². The number of likely N-dealkylation sites (tertiary alicyclic amines) is 1. The van der Waals surface area contributed by atoms with Crippen molar-refractivity contribution >= 4 is 34.5 Å². The summed E-state index contributed by atoms with van der Waals surface area (Å²) in [5, 5.41) is 3.56. The lowest BCUT2D eigenvalue weighted by Crippen LogP contribution is -2.43. The van der Waals surface area contributed by atoms with E-state index in [1.54, 1.807) is 30.0 Å².